The SMILES string of the molecule is N#CCCCNC1(C(N)=O)CCCCC1. The van der Waals surface area contributed by atoms with Crippen molar-refractivity contribution in [1.29, 1.82) is 5.26 Å². The summed E-state index contributed by atoms with van der Waals surface area (Å²) in [6.07, 6.45) is 6.31. The first kappa shape index (κ1) is 12.0. The van der Waals surface area contributed by atoms with Gasteiger partial charge in [-0.15, -0.1) is 0 Å². The van der Waals surface area contributed by atoms with Gasteiger partial charge >= 0.3 is 0 Å². The molecule has 0 aromatic carbocycles. The minimum Gasteiger partial charge on any atom is -0.368 e. The number of nitrogens with zero attached hydrogens (tertiary/aromatic N) is 1. The van der Waals surface area contributed by atoms with Crippen molar-refractivity contribution < 1.29 is 4.79 Å². The van der Waals surface area contributed by atoms with Crippen LogP contribution in [-0.2, 0) is 4.79 Å². The Balaban J connectivity index is 2.43. The summed E-state index contributed by atoms with van der Waals surface area (Å²) < 4.78 is 0. The molecule has 0 unspecified atom stereocenters. The third kappa shape index (κ3) is 3.21. The van der Waals surface area contributed by atoms with Crippen molar-refractivity contribution in [2.45, 2.75) is 50.5 Å². The van der Waals surface area contributed by atoms with Crippen LogP contribution < -0.4 is 11.1 Å². The molecule has 0 saturated heterocycles. The van der Waals surface area contributed by atoms with Gasteiger partial charge in [0.05, 0.1) is 11.6 Å². The lowest BCUT2D eigenvalue weighted by Gasteiger charge is -2.35. The van der Waals surface area contributed by atoms with Crippen LogP contribution in [0.1, 0.15) is 44.9 Å². The van der Waals surface area contributed by atoms with Crippen molar-refractivity contribution in [2.75, 3.05) is 6.54 Å². The highest BCUT2D eigenvalue weighted by molar-refractivity contribution is 5.84. The van der Waals surface area contributed by atoms with Crippen LogP contribution in [0.25, 0.3) is 0 Å². The summed E-state index contributed by atoms with van der Waals surface area (Å²) in [4.78, 5) is 11.4. The molecular weight excluding hydrogens is 190 g/mol. The molecular formula is C11H19N3O. The van der Waals surface area contributed by atoms with Crippen molar-refractivity contribution in [2.24, 2.45) is 5.73 Å². The first-order valence-corrected chi connectivity index (χ1v) is 5.63. The Hall–Kier alpha value is -1.08. The van der Waals surface area contributed by atoms with Gasteiger partial charge in [0.1, 0.15) is 0 Å². The van der Waals surface area contributed by atoms with Crippen LogP contribution >= 0.6 is 0 Å². The van der Waals surface area contributed by atoms with Crippen LogP contribution in [0.2, 0.25) is 0 Å². The van der Waals surface area contributed by atoms with E-state index in [2.05, 4.69) is 11.4 Å². The van der Waals surface area contributed by atoms with Gasteiger partial charge in [0.25, 0.3) is 0 Å². The van der Waals surface area contributed by atoms with Gasteiger partial charge in [-0.05, 0) is 25.8 Å². The lowest BCUT2D eigenvalue weighted by atomic mass is 9.81. The molecule has 1 rings (SSSR count). The minimum absolute atomic E-state index is 0.237. The van der Waals surface area contributed by atoms with E-state index in [1.54, 1.807) is 0 Å². The number of rotatable bonds is 5. The number of unbranched alkanes of at least 4 members (excludes halogenated alkanes) is 1. The Bertz CT molecular complexity index is 251. The van der Waals surface area contributed by atoms with Crippen molar-refractivity contribution in [3.05, 3.63) is 0 Å². The average Bonchev–Trinajstić information content (AvgIpc) is 2.26. The zero-order valence-electron chi connectivity index (χ0n) is 9.09. The van der Waals surface area contributed by atoms with E-state index in [1.807, 2.05) is 0 Å². The van der Waals surface area contributed by atoms with E-state index in [0.29, 0.717) is 13.0 Å². The summed E-state index contributed by atoms with van der Waals surface area (Å²) >= 11 is 0. The van der Waals surface area contributed by atoms with E-state index in [-0.39, 0.29) is 5.91 Å². The molecule has 0 aliphatic heterocycles. The van der Waals surface area contributed by atoms with E-state index in [1.165, 1.54) is 6.42 Å². The molecule has 15 heavy (non-hydrogen) atoms. The molecule has 4 heteroatoms. The van der Waals surface area contributed by atoms with E-state index in [4.69, 9.17) is 11.0 Å². The second-order valence-electron chi connectivity index (χ2n) is 4.20. The summed E-state index contributed by atoms with van der Waals surface area (Å²) in [5, 5.41) is 11.7. The zero-order chi connectivity index (χ0) is 11.1. The molecule has 1 aliphatic rings. The standard InChI is InChI=1S/C11H19N3O/c12-8-4-5-9-14-11(10(13)15)6-2-1-3-7-11/h14H,1-7,9H2,(H2,13,15). The fourth-order valence-electron chi connectivity index (χ4n) is 2.16. The first-order chi connectivity index (χ1) is 7.21. The molecule has 1 amide bonds. The van der Waals surface area contributed by atoms with Crippen LogP contribution in [0.5, 0.6) is 0 Å². The first-order valence-electron chi connectivity index (χ1n) is 5.63. The second-order valence-corrected chi connectivity index (χ2v) is 4.20. The maximum absolute atomic E-state index is 11.4. The fraction of sp³-hybridized carbons (Fsp3) is 0.818. The molecule has 1 aliphatic carbocycles. The fourth-order valence-corrected chi connectivity index (χ4v) is 2.16. The monoisotopic (exact) mass is 209 g/mol. The second kappa shape index (κ2) is 5.72. The largest absolute Gasteiger partial charge is 0.368 e. The molecule has 3 N–H and O–H groups in total. The maximum Gasteiger partial charge on any atom is 0.237 e. The topological polar surface area (TPSA) is 78.9 Å². The number of nitrogens with one attached hydrogen (secondary N) is 1. The summed E-state index contributed by atoms with van der Waals surface area (Å²) in [6.45, 7) is 0.705. The molecule has 0 heterocycles. The van der Waals surface area contributed by atoms with Crippen molar-refractivity contribution in [1.82, 2.24) is 5.32 Å². The van der Waals surface area contributed by atoms with Crippen molar-refractivity contribution in [3.63, 3.8) is 0 Å². The summed E-state index contributed by atoms with van der Waals surface area (Å²) in [7, 11) is 0. The molecule has 0 bridgehead atoms. The molecule has 0 aromatic rings. The molecule has 1 fully saturated rings. The van der Waals surface area contributed by atoms with Gasteiger partial charge in [0.2, 0.25) is 5.91 Å². The van der Waals surface area contributed by atoms with Crippen LogP contribution in [-0.4, -0.2) is 18.0 Å². The number of carbonyl (C=O) groups is 1. The Morgan fingerprint density at radius 1 is 1.40 bits per heavy atom. The van der Waals surface area contributed by atoms with Crippen molar-refractivity contribution in [3.8, 4) is 6.07 Å². The number of amides is 1. The van der Waals surface area contributed by atoms with Gasteiger partial charge in [-0.1, -0.05) is 19.3 Å². The number of carbonyl (C=O) groups excluding carboxylic acids is 1. The summed E-state index contributed by atoms with van der Waals surface area (Å²) in [6, 6.07) is 2.09. The molecule has 0 aromatic heterocycles. The molecule has 1 saturated carbocycles. The third-order valence-electron chi connectivity index (χ3n) is 3.11. The summed E-state index contributed by atoms with van der Waals surface area (Å²) in [5.74, 6) is -0.237. The van der Waals surface area contributed by atoms with Crippen LogP contribution in [0.4, 0.5) is 0 Å². The van der Waals surface area contributed by atoms with E-state index < -0.39 is 5.54 Å². The molecule has 0 atom stereocenters. The number of hydrogen-bond donors (Lipinski definition) is 2. The lowest BCUT2D eigenvalue weighted by Crippen LogP contribution is -2.56. The highest BCUT2D eigenvalue weighted by Crippen LogP contribution is 2.27. The average molecular weight is 209 g/mol. The Morgan fingerprint density at radius 2 is 2.07 bits per heavy atom. The number of primary amides is 1. The maximum atomic E-state index is 11.4. The smallest absolute Gasteiger partial charge is 0.237 e. The van der Waals surface area contributed by atoms with Gasteiger partial charge in [0.15, 0.2) is 0 Å². The Kier molecular flexibility index (Phi) is 4.57. The Morgan fingerprint density at radius 3 is 2.60 bits per heavy atom. The normalized spacial score (nSPS) is 19.4. The number of nitrogens with two attached hydrogens (primary N) is 1. The highest BCUT2D eigenvalue weighted by atomic mass is 16.1. The number of nitriles is 1. The van der Waals surface area contributed by atoms with E-state index in [9.17, 15) is 4.79 Å². The van der Waals surface area contributed by atoms with Crippen LogP contribution in [0, 0.1) is 11.3 Å². The summed E-state index contributed by atoms with van der Waals surface area (Å²) in [5.41, 5.74) is 4.96. The van der Waals surface area contributed by atoms with Gasteiger partial charge < -0.3 is 11.1 Å². The quantitative estimate of drug-likeness (QED) is 0.665. The molecule has 84 valence electrons. The predicted molar refractivity (Wildman–Crippen MR) is 57.9 cm³/mol. The van der Waals surface area contributed by atoms with E-state index >= 15 is 0 Å². The lowest BCUT2D eigenvalue weighted by molar-refractivity contribution is -0.125. The highest BCUT2D eigenvalue weighted by Gasteiger charge is 2.36. The van der Waals surface area contributed by atoms with Gasteiger partial charge in [-0.2, -0.15) is 5.26 Å². The molecule has 4 nitrogen and oxygen atoms in total. The molecule has 0 radical (unpaired) electrons. The predicted octanol–water partition coefficient (Wildman–Crippen LogP) is 1.07. The van der Waals surface area contributed by atoms with E-state index in [0.717, 1.165) is 32.1 Å². The van der Waals surface area contributed by atoms with Crippen LogP contribution in [0.15, 0.2) is 0 Å². The Labute approximate surface area is 90.8 Å². The molecule has 0 spiro atoms. The zero-order valence-corrected chi connectivity index (χ0v) is 9.09. The van der Waals surface area contributed by atoms with Gasteiger partial charge in [-0.3, -0.25) is 4.79 Å². The van der Waals surface area contributed by atoms with Gasteiger partial charge in [-0.25, -0.2) is 0 Å². The minimum atomic E-state index is -0.492. The van der Waals surface area contributed by atoms with Gasteiger partial charge in [0, 0.05) is 6.42 Å². The third-order valence-corrected chi connectivity index (χ3v) is 3.11. The number of hydrogen-bond acceptors (Lipinski definition) is 3. The van der Waals surface area contributed by atoms with Crippen molar-refractivity contribution >= 4 is 5.91 Å². The van der Waals surface area contributed by atoms with Crippen LogP contribution in [0.3, 0.4) is 0 Å².